The standard InChI is InChI=1S/C15H23ClN2O2/c1-4-5-9-17-15(19)11(2)18-10-12-13(16)7-6-8-14(12)20-3/h6-8,11,18H,4-5,9-10H2,1-3H3,(H,17,19). The molecule has 112 valence electrons. The second-order valence-corrected chi connectivity index (χ2v) is 5.08. The van der Waals surface area contributed by atoms with Crippen molar-refractivity contribution in [1.82, 2.24) is 10.6 Å². The summed E-state index contributed by atoms with van der Waals surface area (Å²) in [6, 6.07) is 5.24. The summed E-state index contributed by atoms with van der Waals surface area (Å²) < 4.78 is 5.27. The minimum atomic E-state index is -0.271. The SMILES string of the molecule is CCCCNC(=O)C(C)NCc1c(Cl)cccc1OC. The molecule has 0 aliphatic carbocycles. The lowest BCUT2D eigenvalue weighted by Gasteiger charge is -2.16. The third-order valence-corrected chi connectivity index (χ3v) is 3.46. The Morgan fingerprint density at radius 3 is 2.85 bits per heavy atom. The lowest BCUT2D eigenvalue weighted by molar-refractivity contribution is -0.122. The Morgan fingerprint density at radius 1 is 1.45 bits per heavy atom. The topological polar surface area (TPSA) is 50.4 Å². The Hall–Kier alpha value is -1.26. The molecule has 4 nitrogen and oxygen atoms in total. The minimum Gasteiger partial charge on any atom is -0.496 e. The van der Waals surface area contributed by atoms with Crippen molar-refractivity contribution in [2.75, 3.05) is 13.7 Å². The molecule has 0 saturated heterocycles. The Bertz CT molecular complexity index is 438. The average Bonchev–Trinajstić information content (AvgIpc) is 2.45. The molecule has 5 heteroatoms. The first kappa shape index (κ1) is 16.8. The van der Waals surface area contributed by atoms with Crippen molar-refractivity contribution in [1.29, 1.82) is 0 Å². The van der Waals surface area contributed by atoms with E-state index in [4.69, 9.17) is 16.3 Å². The number of amides is 1. The number of rotatable bonds is 8. The van der Waals surface area contributed by atoms with E-state index < -0.39 is 0 Å². The van der Waals surface area contributed by atoms with Crippen molar-refractivity contribution in [2.45, 2.75) is 39.3 Å². The number of halogens is 1. The monoisotopic (exact) mass is 298 g/mol. The molecule has 1 aromatic rings. The smallest absolute Gasteiger partial charge is 0.236 e. The normalized spacial score (nSPS) is 12.0. The summed E-state index contributed by atoms with van der Waals surface area (Å²) in [6.45, 7) is 5.14. The van der Waals surface area contributed by atoms with Crippen molar-refractivity contribution in [2.24, 2.45) is 0 Å². The van der Waals surface area contributed by atoms with E-state index in [1.54, 1.807) is 7.11 Å². The number of unbranched alkanes of at least 4 members (excludes halogenated alkanes) is 1. The molecule has 1 aromatic carbocycles. The molecule has 0 heterocycles. The third kappa shape index (κ3) is 5.02. The highest BCUT2D eigenvalue weighted by Gasteiger charge is 2.14. The first-order valence-electron chi connectivity index (χ1n) is 6.92. The molecule has 2 N–H and O–H groups in total. The van der Waals surface area contributed by atoms with Crippen LogP contribution in [0.25, 0.3) is 0 Å². The molecule has 20 heavy (non-hydrogen) atoms. The van der Waals surface area contributed by atoms with Crippen LogP contribution in [-0.2, 0) is 11.3 Å². The minimum absolute atomic E-state index is 0.00414. The lowest BCUT2D eigenvalue weighted by Crippen LogP contribution is -2.42. The fourth-order valence-electron chi connectivity index (χ4n) is 1.79. The van der Waals surface area contributed by atoms with Crippen molar-refractivity contribution < 1.29 is 9.53 Å². The van der Waals surface area contributed by atoms with E-state index in [0.29, 0.717) is 11.6 Å². The fourth-order valence-corrected chi connectivity index (χ4v) is 2.02. The number of ether oxygens (including phenoxy) is 1. The predicted octanol–water partition coefficient (Wildman–Crippen LogP) is 2.74. The van der Waals surface area contributed by atoms with E-state index in [1.165, 1.54) is 0 Å². The zero-order valence-electron chi connectivity index (χ0n) is 12.3. The van der Waals surface area contributed by atoms with E-state index in [9.17, 15) is 4.79 Å². The Labute approximate surface area is 125 Å². The molecular weight excluding hydrogens is 276 g/mol. The van der Waals surface area contributed by atoms with Crippen LogP contribution in [0.4, 0.5) is 0 Å². The maximum Gasteiger partial charge on any atom is 0.236 e. The molecule has 0 saturated carbocycles. The van der Waals surface area contributed by atoms with Gasteiger partial charge in [0.15, 0.2) is 0 Å². The number of carbonyl (C=O) groups is 1. The molecule has 0 fully saturated rings. The average molecular weight is 299 g/mol. The van der Waals surface area contributed by atoms with Gasteiger partial charge >= 0.3 is 0 Å². The Kier molecular flexibility index (Phi) is 7.41. The van der Waals surface area contributed by atoms with Crippen LogP contribution in [0.1, 0.15) is 32.3 Å². The maximum atomic E-state index is 11.8. The highest BCUT2D eigenvalue weighted by Crippen LogP contribution is 2.25. The van der Waals surface area contributed by atoms with E-state index in [1.807, 2.05) is 25.1 Å². The number of methoxy groups -OCH3 is 1. The van der Waals surface area contributed by atoms with Crippen LogP contribution in [0, 0.1) is 0 Å². The summed E-state index contributed by atoms with van der Waals surface area (Å²) in [5.41, 5.74) is 0.866. The van der Waals surface area contributed by atoms with Gasteiger partial charge in [0.25, 0.3) is 0 Å². The first-order valence-corrected chi connectivity index (χ1v) is 7.30. The van der Waals surface area contributed by atoms with E-state index in [-0.39, 0.29) is 11.9 Å². The second kappa shape index (κ2) is 8.82. The first-order chi connectivity index (χ1) is 9.60. The summed E-state index contributed by atoms with van der Waals surface area (Å²) in [6.07, 6.45) is 2.07. The summed E-state index contributed by atoms with van der Waals surface area (Å²) in [7, 11) is 1.61. The van der Waals surface area contributed by atoms with Crippen molar-refractivity contribution in [3.63, 3.8) is 0 Å². The molecule has 1 unspecified atom stereocenters. The van der Waals surface area contributed by atoms with Gasteiger partial charge in [-0.1, -0.05) is 31.0 Å². The van der Waals surface area contributed by atoms with E-state index in [0.717, 1.165) is 30.7 Å². The van der Waals surface area contributed by atoms with Gasteiger partial charge in [0, 0.05) is 23.7 Å². The molecule has 0 aromatic heterocycles. The van der Waals surface area contributed by atoms with Gasteiger partial charge in [0.1, 0.15) is 5.75 Å². The number of carbonyl (C=O) groups excluding carboxylic acids is 1. The quantitative estimate of drug-likeness (QED) is 0.726. The largest absolute Gasteiger partial charge is 0.496 e. The molecule has 1 atom stereocenters. The van der Waals surface area contributed by atoms with Crippen LogP contribution in [-0.4, -0.2) is 25.6 Å². The van der Waals surface area contributed by atoms with E-state index >= 15 is 0 Å². The van der Waals surface area contributed by atoms with Crippen LogP contribution in [0.2, 0.25) is 5.02 Å². The summed E-state index contributed by atoms with van der Waals surface area (Å²) >= 11 is 6.15. The van der Waals surface area contributed by atoms with Crippen LogP contribution >= 0.6 is 11.6 Å². The molecule has 0 spiro atoms. The van der Waals surface area contributed by atoms with Crippen molar-refractivity contribution in [3.05, 3.63) is 28.8 Å². The van der Waals surface area contributed by atoms with Gasteiger partial charge in [-0.15, -0.1) is 0 Å². The zero-order valence-corrected chi connectivity index (χ0v) is 13.1. The van der Waals surface area contributed by atoms with Crippen LogP contribution in [0.15, 0.2) is 18.2 Å². The lowest BCUT2D eigenvalue weighted by atomic mass is 10.2. The number of hydrogen-bond acceptors (Lipinski definition) is 3. The van der Waals surface area contributed by atoms with Gasteiger partial charge in [-0.3, -0.25) is 4.79 Å². The van der Waals surface area contributed by atoms with Crippen molar-refractivity contribution in [3.8, 4) is 5.75 Å². The maximum absolute atomic E-state index is 11.8. The molecule has 0 radical (unpaired) electrons. The van der Waals surface area contributed by atoms with Gasteiger partial charge in [-0.2, -0.15) is 0 Å². The fraction of sp³-hybridized carbons (Fsp3) is 0.533. The molecule has 0 bridgehead atoms. The molecule has 1 rings (SSSR count). The summed E-state index contributed by atoms with van der Waals surface area (Å²) in [5.74, 6) is 0.730. The third-order valence-electron chi connectivity index (χ3n) is 3.10. The number of hydrogen-bond donors (Lipinski definition) is 2. The summed E-state index contributed by atoms with van der Waals surface area (Å²) in [5, 5.41) is 6.70. The van der Waals surface area contributed by atoms with Crippen LogP contribution < -0.4 is 15.4 Å². The number of nitrogens with one attached hydrogen (secondary N) is 2. The molecule has 0 aliphatic heterocycles. The molecular formula is C15H23ClN2O2. The molecule has 1 amide bonds. The van der Waals surface area contributed by atoms with Crippen LogP contribution in [0.3, 0.4) is 0 Å². The highest BCUT2D eigenvalue weighted by atomic mass is 35.5. The van der Waals surface area contributed by atoms with Gasteiger partial charge in [0.05, 0.1) is 13.2 Å². The summed E-state index contributed by atoms with van der Waals surface area (Å²) in [4.78, 5) is 11.8. The Balaban J connectivity index is 2.52. The zero-order chi connectivity index (χ0) is 15.0. The van der Waals surface area contributed by atoms with Gasteiger partial charge in [0.2, 0.25) is 5.91 Å². The van der Waals surface area contributed by atoms with E-state index in [2.05, 4.69) is 17.6 Å². The molecule has 0 aliphatic rings. The van der Waals surface area contributed by atoms with Gasteiger partial charge < -0.3 is 15.4 Å². The highest BCUT2D eigenvalue weighted by molar-refractivity contribution is 6.31. The predicted molar refractivity (Wildman–Crippen MR) is 82.2 cm³/mol. The number of benzene rings is 1. The van der Waals surface area contributed by atoms with Crippen molar-refractivity contribution >= 4 is 17.5 Å². The second-order valence-electron chi connectivity index (χ2n) is 4.67. The van der Waals surface area contributed by atoms with Crippen LogP contribution in [0.5, 0.6) is 5.75 Å². The van der Waals surface area contributed by atoms with Gasteiger partial charge in [-0.05, 0) is 25.5 Å². The Morgan fingerprint density at radius 2 is 2.20 bits per heavy atom. The van der Waals surface area contributed by atoms with Gasteiger partial charge in [-0.25, -0.2) is 0 Å².